The van der Waals surface area contributed by atoms with E-state index in [0.29, 0.717) is 13.2 Å². The summed E-state index contributed by atoms with van der Waals surface area (Å²) in [6.07, 6.45) is 2.77. The van der Waals surface area contributed by atoms with Crippen LogP contribution in [0.4, 0.5) is 0 Å². The fourth-order valence-corrected chi connectivity index (χ4v) is 2.14. The summed E-state index contributed by atoms with van der Waals surface area (Å²) in [4.78, 5) is 2.16. The lowest BCUT2D eigenvalue weighted by Gasteiger charge is -2.18. The van der Waals surface area contributed by atoms with Gasteiger partial charge in [-0.2, -0.15) is 0 Å². The molecule has 120 valence electrons. The second-order valence-electron chi connectivity index (χ2n) is 5.56. The molecule has 0 heterocycles. The van der Waals surface area contributed by atoms with Gasteiger partial charge in [-0.15, -0.1) is 0 Å². The zero-order chi connectivity index (χ0) is 15.7. The summed E-state index contributed by atoms with van der Waals surface area (Å²) in [5.74, 6) is 1.69. The molecule has 0 aliphatic heterocycles. The molecule has 1 aromatic rings. The molecule has 1 aromatic carbocycles. The minimum Gasteiger partial charge on any atom is -0.490 e. The van der Waals surface area contributed by atoms with Gasteiger partial charge in [0.1, 0.15) is 0 Å². The first-order chi connectivity index (χ1) is 10.1. The molecular formula is C17H30N2O2. The van der Waals surface area contributed by atoms with Crippen LogP contribution in [0.5, 0.6) is 11.5 Å². The Morgan fingerprint density at radius 1 is 1.19 bits per heavy atom. The van der Waals surface area contributed by atoms with Crippen molar-refractivity contribution in [3.05, 3.63) is 23.8 Å². The highest BCUT2D eigenvalue weighted by molar-refractivity contribution is 5.47. The molecule has 0 amide bonds. The van der Waals surface area contributed by atoms with Gasteiger partial charge in [0.05, 0.1) is 13.2 Å². The smallest absolute Gasteiger partial charge is 0.164 e. The van der Waals surface area contributed by atoms with Crippen molar-refractivity contribution >= 4 is 0 Å². The molecule has 0 saturated carbocycles. The minimum absolute atomic E-state index is 0.158. The number of ether oxygens (including phenoxy) is 2. The molecule has 0 spiro atoms. The molecule has 0 saturated heterocycles. The largest absolute Gasteiger partial charge is 0.490 e. The second kappa shape index (κ2) is 9.64. The maximum absolute atomic E-state index is 6.09. The van der Waals surface area contributed by atoms with E-state index in [1.807, 2.05) is 19.1 Å². The summed E-state index contributed by atoms with van der Waals surface area (Å²) < 4.78 is 11.7. The predicted octanol–water partition coefficient (Wildman–Crippen LogP) is 2.70. The van der Waals surface area contributed by atoms with E-state index in [4.69, 9.17) is 15.2 Å². The summed E-state index contributed by atoms with van der Waals surface area (Å²) in [7, 11) is 4.14. The first-order valence-electron chi connectivity index (χ1n) is 7.86. The Kier molecular flexibility index (Phi) is 8.16. The molecule has 4 heteroatoms. The van der Waals surface area contributed by atoms with Gasteiger partial charge in [0.25, 0.3) is 0 Å². The molecule has 21 heavy (non-hydrogen) atoms. The van der Waals surface area contributed by atoms with Crippen LogP contribution < -0.4 is 15.2 Å². The van der Waals surface area contributed by atoms with Gasteiger partial charge in [-0.3, -0.25) is 0 Å². The van der Waals surface area contributed by atoms with Crippen molar-refractivity contribution in [3.63, 3.8) is 0 Å². The van der Waals surface area contributed by atoms with E-state index in [-0.39, 0.29) is 6.04 Å². The van der Waals surface area contributed by atoms with E-state index < -0.39 is 0 Å². The molecule has 0 fully saturated rings. The molecular weight excluding hydrogens is 264 g/mol. The van der Waals surface area contributed by atoms with Crippen molar-refractivity contribution in [1.82, 2.24) is 4.90 Å². The van der Waals surface area contributed by atoms with Crippen molar-refractivity contribution in [2.75, 3.05) is 33.9 Å². The van der Waals surface area contributed by atoms with Crippen LogP contribution in [0.2, 0.25) is 0 Å². The maximum Gasteiger partial charge on any atom is 0.164 e. The fourth-order valence-electron chi connectivity index (χ4n) is 2.14. The van der Waals surface area contributed by atoms with E-state index in [2.05, 4.69) is 32.0 Å². The van der Waals surface area contributed by atoms with Crippen LogP contribution in [-0.4, -0.2) is 44.8 Å². The van der Waals surface area contributed by atoms with Gasteiger partial charge < -0.3 is 20.1 Å². The second-order valence-corrected chi connectivity index (χ2v) is 5.56. The van der Waals surface area contributed by atoms with Crippen LogP contribution in [-0.2, 0) is 6.42 Å². The van der Waals surface area contributed by atoms with Crippen molar-refractivity contribution < 1.29 is 9.47 Å². The topological polar surface area (TPSA) is 47.7 Å². The Labute approximate surface area is 129 Å². The van der Waals surface area contributed by atoms with Gasteiger partial charge in [0.2, 0.25) is 0 Å². The third-order valence-corrected chi connectivity index (χ3v) is 3.36. The normalized spacial score (nSPS) is 12.5. The van der Waals surface area contributed by atoms with Crippen LogP contribution in [0.1, 0.15) is 32.3 Å². The minimum atomic E-state index is 0.158. The Bertz CT molecular complexity index is 408. The van der Waals surface area contributed by atoms with Gasteiger partial charge in [-0.05, 0) is 51.9 Å². The van der Waals surface area contributed by atoms with Gasteiger partial charge in [0.15, 0.2) is 11.5 Å². The predicted molar refractivity (Wildman–Crippen MR) is 88.2 cm³/mol. The van der Waals surface area contributed by atoms with Crippen molar-refractivity contribution in [2.24, 2.45) is 5.73 Å². The molecule has 0 aromatic heterocycles. The van der Waals surface area contributed by atoms with E-state index in [0.717, 1.165) is 42.9 Å². The standard InChI is InChI=1S/C17H30N2O2/c1-5-15(18)13-14-9-7-10-16(20-6-2)17(14)21-12-8-11-19(3)4/h7,9-10,15H,5-6,8,11-13,18H2,1-4H3. The van der Waals surface area contributed by atoms with Crippen LogP contribution in [0.3, 0.4) is 0 Å². The average Bonchev–Trinajstić information content (AvgIpc) is 2.45. The van der Waals surface area contributed by atoms with Crippen LogP contribution in [0.15, 0.2) is 18.2 Å². The monoisotopic (exact) mass is 294 g/mol. The highest BCUT2D eigenvalue weighted by Crippen LogP contribution is 2.32. The molecule has 2 N–H and O–H groups in total. The van der Waals surface area contributed by atoms with E-state index >= 15 is 0 Å². The molecule has 1 atom stereocenters. The number of nitrogens with two attached hydrogens (primary N) is 1. The zero-order valence-electron chi connectivity index (χ0n) is 13.9. The summed E-state index contributed by atoms with van der Waals surface area (Å²) in [5, 5.41) is 0. The number of para-hydroxylation sites is 1. The molecule has 4 nitrogen and oxygen atoms in total. The lowest BCUT2D eigenvalue weighted by atomic mass is 10.0. The van der Waals surface area contributed by atoms with E-state index in [1.165, 1.54) is 0 Å². The molecule has 0 aliphatic rings. The highest BCUT2D eigenvalue weighted by Gasteiger charge is 2.13. The SMILES string of the molecule is CCOc1cccc(CC(N)CC)c1OCCCN(C)C. The summed E-state index contributed by atoms with van der Waals surface area (Å²) >= 11 is 0. The number of hydrogen-bond acceptors (Lipinski definition) is 4. The number of nitrogens with zero attached hydrogens (tertiary/aromatic N) is 1. The zero-order valence-corrected chi connectivity index (χ0v) is 13.9. The van der Waals surface area contributed by atoms with Gasteiger partial charge >= 0.3 is 0 Å². The highest BCUT2D eigenvalue weighted by atomic mass is 16.5. The Morgan fingerprint density at radius 3 is 2.57 bits per heavy atom. The maximum atomic E-state index is 6.09. The lowest BCUT2D eigenvalue weighted by Crippen LogP contribution is -2.22. The first-order valence-corrected chi connectivity index (χ1v) is 7.86. The summed E-state index contributed by atoms with van der Waals surface area (Å²) in [6.45, 7) is 6.43. The van der Waals surface area contributed by atoms with Crippen molar-refractivity contribution in [2.45, 2.75) is 39.2 Å². The summed E-state index contributed by atoms with van der Waals surface area (Å²) in [5.41, 5.74) is 7.23. The molecule has 0 radical (unpaired) electrons. The van der Waals surface area contributed by atoms with Crippen LogP contribution in [0.25, 0.3) is 0 Å². The average molecular weight is 294 g/mol. The van der Waals surface area contributed by atoms with Crippen molar-refractivity contribution in [1.29, 1.82) is 0 Å². The van der Waals surface area contributed by atoms with E-state index in [1.54, 1.807) is 0 Å². The molecule has 1 rings (SSSR count). The third kappa shape index (κ3) is 6.36. The van der Waals surface area contributed by atoms with Gasteiger partial charge in [-0.1, -0.05) is 19.1 Å². The van der Waals surface area contributed by atoms with Crippen LogP contribution >= 0.6 is 0 Å². The van der Waals surface area contributed by atoms with Crippen molar-refractivity contribution in [3.8, 4) is 11.5 Å². The molecule has 0 aliphatic carbocycles. The van der Waals surface area contributed by atoms with Crippen LogP contribution in [0, 0.1) is 0 Å². The lowest BCUT2D eigenvalue weighted by molar-refractivity contribution is 0.256. The Balaban J connectivity index is 2.78. The summed E-state index contributed by atoms with van der Waals surface area (Å²) in [6, 6.07) is 6.21. The number of benzene rings is 1. The Morgan fingerprint density at radius 2 is 1.95 bits per heavy atom. The fraction of sp³-hybridized carbons (Fsp3) is 0.647. The van der Waals surface area contributed by atoms with Gasteiger partial charge in [0, 0.05) is 12.6 Å². The Hall–Kier alpha value is -1.26. The number of hydrogen-bond donors (Lipinski definition) is 1. The van der Waals surface area contributed by atoms with E-state index in [9.17, 15) is 0 Å². The molecule has 1 unspecified atom stereocenters. The van der Waals surface area contributed by atoms with Gasteiger partial charge in [-0.25, -0.2) is 0 Å². The molecule has 0 bridgehead atoms. The quantitative estimate of drug-likeness (QED) is 0.674. The first kappa shape index (κ1) is 17.8. The third-order valence-electron chi connectivity index (χ3n) is 3.36. The number of rotatable bonds is 10.